The number of carbonyl (C=O) groups is 5. The van der Waals surface area contributed by atoms with Gasteiger partial charge < -0.3 is 34.6 Å². The molecule has 0 aliphatic carbocycles. The Kier molecular flexibility index (Phi) is 17.4. The van der Waals surface area contributed by atoms with Crippen LogP contribution in [-0.2, 0) is 40.0 Å². The van der Waals surface area contributed by atoms with Crippen LogP contribution < -0.4 is 25.2 Å². The minimum absolute atomic E-state index is 0.0306. The van der Waals surface area contributed by atoms with Crippen LogP contribution in [0.25, 0.3) is 10.4 Å². The molecule has 19 heteroatoms. The highest BCUT2D eigenvalue weighted by Crippen LogP contribution is 2.38. The molecule has 0 radical (unpaired) electrons. The maximum Gasteiger partial charge on any atom is 0.272 e. The van der Waals surface area contributed by atoms with Gasteiger partial charge in [-0.15, -0.1) is 11.3 Å². The molecule has 4 aromatic rings. The van der Waals surface area contributed by atoms with Crippen LogP contribution in [0.15, 0.2) is 72.2 Å². The number of hydrogen-bond acceptors (Lipinski definition) is 13. The highest BCUT2D eigenvalue weighted by molar-refractivity contribution is 7.81. The lowest BCUT2D eigenvalue weighted by molar-refractivity contribution is -0.385. The van der Waals surface area contributed by atoms with Gasteiger partial charge in [0.05, 0.1) is 39.8 Å². The molecule has 368 valence electrons. The van der Waals surface area contributed by atoms with Gasteiger partial charge in [-0.25, -0.2) is 4.98 Å². The second kappa shape index (κ2) is 23.0. The normalized spacial score (nSPS) is 16.2. The maximum atomic E-state index is 13.9. The molecule has 0 unspecified atom stereocenters. The van der Waals surface area contributed by atoms with Crippen molar-refractivity contribution >= 4 is 75.1 Å². The van der Waals surface area contributed by atoms with Crippen LogP contribution in [0.3, 0.4) is 0 Å². The van der Waals surface area contributed by atoms with Crippen molar-refractivity contribution in [2.24, 2.45) is 5.41 Å². The number of benzene rings is 3. The van der Waals surface area contributed by atoms with E-state index in [2.05, 4.69) is 15.6 Å². The van der Waals surface area contributed by atoms with E-state index < -0.39 is 45.7 Å². The number of nitrogens with zero attached hydrogens (tertiary/aromatic N) is 5. The van der Waals surface area contributed by atoms with Crippen LogP contribution >= 0.6 is 23.6 Å². The zero-order valence-corrected chi connectivity index (χ0v) is 41.8. The Morgan fingerprint density at radius 3 is 2.25 bits per heavy atom. The first kappa shape index (κ1) is 52.2. The number of likely N-dealkylation sites (tertiary alicyclic amines) is 1. The number of ketones is 1. The summed E-state index contributed by atoms with van der Waals surface area (Å²) < 4.78 is 17.3. The number of nitrogens with one attached hydrogen (secondary N) is 2. The molecule has 6 rings (SSSR count). The number of thiazole rings is 1. The van der Waals surface area contributed by atoms with E-state index in [1.165, 1.54) is 21.9 Å². The quantitative estimate of drug-likeness (QED) is 0.0346. The predicted molar refractivity (Wildman–Crippen MR) is 267 cm³/mol. The lowest BCUT2D eigenvalue weighted by atomic mass is 9.85. The molecule has 2 saturated heterocycles. The number of nitro groups is 1. The number of anilines is 2. The topological polar surface area (TPSA) is 203 Å². The van der Waals surface area contributed by atoms with Gasteiger partial charge in [0.25, 0.3) is 11.6 Å². The lowest BCUT2D eigenvalue weighted by Crippen LogP contribution is -2.58. The number of rotatable bonds is 22. The molecule has 4 amide bonds. The monoisotopic (exact) mass is 983 g/mol. The Balaban J connectivity index is 0.843. The summed E-state index contributed by atoms with van der Waals surface area (Å²) in [4.78, 5) is 87.1. The number of carbonyl (C=O) groups excluding carboxylic acids is 5. The predicted octanol–water partition coefficient (Wildman–Crippen LogP) is 7.24. The van der Waals surface area contributed by atoms with Gasteiger partial charge in [0.15, 0.2) is 10.9 Å². The van der Waals surface area contributed by atoms with Crippen LogP contribution in [0.4, 0.5) is 17.1 Å². The van der Waals surface area contributed by atoms with Gasteiger partial charge in [-0.3, -0.25) is 39.0 Å². The van der Waals surface area contributed by atoms with Crippen molar-refractivity contribution in [1.82, 2.24) is 20.5 Å². The van der Waals surface area contributed by atoms with Crippen molar-refractivity contribution < 1.29 is 43.1 Å². The standard InChI is InChI=1S/C50H61N7O10S2/c1-32-26-37(18-21-40(32)57(63)64)55-47(62)50(6,7)56(48(55)68)36-16-19-39(20-17-36)67-25-10-8-9-22-65-23-11-24-66-30-42(59)53-44(49(3,4)5)46(61)54-29-38(58)27-41(54)45(60)51-28-34-12-14-35(15-13-34)43-33(2)52-31-69-43/h12-21,26,31,41,44H,8-11,22-25,27-30H2,1-7H3,(H,51,60)(H,53,59)/t41-,44+/m0/s1. The van der Waals surface area contributed by atoms with Gasteiger partial charge in [-0.1, -0.05) is 45.0 Å². The number of amides is 4. The summed E-state index contributed by atoms with van der Waals surface area (Å²) >= 11 is 7.32. The van der Waals surface area contributed by atoms with E-state index in [9.17, 15) is 34.1 Å². The molecule has 2 N–H and O–H groups in total. The Bertz CT molecular complexity index is 2520. The third-order valence-corrected chi connectivity index (χ3v) is 13.3. The fourth-order valence-electron chi connectivity index (χ4n) is 8.17. The molecule has 2 atom stereocenters. The Labute approximate surface area is 412 Å². The van der Waals surface area contributed by atoms with E-state index >= 15 is 0 Å². The van der Waals surface area contributed by atoms with Crippen LogP contribution in [0.1, 0.15) is 83.5 Å². The zero-order valence-electron chi connectivity index (χ0n) is 40.2. The summed E-state index contributed by atoms with van der Waals surface area (Å²) in [6.45, 7) is 14.1. The van der Waals surface area contributed by atoms with Crippen LogP contribution in [0, 0.1) is 29.4 Å². The van der Waals surface area contributed by atoms with Crippen LogP contribution in [0.2, 0.25) is 0 Å². The third-order valence-electron chi connectivity index (χ3n) is 12.0. The first-order valence-corrected chi connectivity index (χ1v) is 24.3. The smallest absolute Gasteiger partial charge is 0.272 e. The molecule has 2 fully saturated rings. The molecule has 0 bridgehead atoms. The van der Waals surface area contributed by atoms with Crippen LogP contribution in [-0.4, -0.2) is 107 Å². The number of ether oxygens (including phenoxy) is 3. The second-order valence-electron chi connectivity index (χ2n) is 18.7. The van der Waals surface area contributed by atoms with Crippen LogP contribution in [0.5, 0.6) is 5.75 Å². The lowest BCUT2D eigenvalue weighted by Gasteiger charge is -2.35. The molecular formula is C50H61N7O10S2. The molecule has 2 aliphatic heterocycles. The average molecular weight is 984 g/mol. The van der Waals surface area contributed by atoms with Gasteiger partial charge in [-0.05, 0) is 119 Å². The summed E-state index contributed by atoms with van der Waals surface area (Å²) in [7, 11) is 0. The zero-order chi connectivity index (χ0) is 50.0. The number of unbranched alkanes of at least 4 members (excludes halogenated alkanes) is 2. The van der Waals surface area contributed by atoms with E-state index in [0.29, 0.717) is 48.9 Å². The number of aromatic nitrogens is 1. The molecular weight excluding hydrogens is 923 g/mol. The Hall–Kier alpha value is -6.15. The van der Waals surface area contributed by atoms with Crippen molar-refractivity contribution in [2.45, 2.75) is 105 Å². The fourth-order valence-corrected chi connectivity index (χ4v) is 9.50. The van der Waals surface area contributed by atoms with Crippen molar-refractivity contribution in [3.8, 4) is 16.2 Å². The van der Waals surface area contributed by atoms with Gasteiger partial charge in [0.1, 0.15) is 30.0 Å². The Morgan fingerprint density at radius 2 is 1.59 bits per heavy atom. The molecule has 0 saturated carbocycles. The second-order valence-corrected chi connectivity index (χ2v) is 20.0. The molecule has 1 aromatic heterocycles. The molecule has 69 heavy (non-hydrogen) atoms. The number of thiocarbonyl (C=S) groups is 1. The minimum atomic E-state index is -0.998. The van der Waals surface area contributed by atoms with Gasteiger partial charge in [-0.2, -0.15) is 0 Å². The van der Waals surface area contributed by atoms with Gasteiger partial charge in [0.2, 0.25) is 17.7 Å². The summed E-state index contributed by atoms with van der Waals surface area (Å²) in [5, 5.41) is 17.3. The number of Topliss-reactive ketones (excluding diaryl/α,β-unsaturated/α-hetero) is 1. The SMILES string of the molecule is Cc1cc(N2C(=O)C(C)(C)N(c3ccc(OCCCCCOCCCOCC(=O)N[C@H](C(=O)N4CC(=O)C[C@H]4C(=O)NCc4ccc(-c5scnc5C)cc4)C(C)(C)C)cc3)C2=S)ccc1[N+](=O)[O-]. The van der Waals surface area contributed by atoms with E-state index in [4.69, 9.17) is 26.4 Å². The average Bonchev–Trinajstić information content (AvgIpc) is 3.97. The summed E-state index contributed by atoms with van der Waals surface area (Å²) in [5.41, 5.74) is 4.52. The van der Waals surface area contributed by atoms with Crippen molar-refractivity contribution in [3.05, 3.63) is 99.2 Å². The number of hydrogen-bond donors (Lipinski definition) is 2. The summed E-state index contributed by atoms with van der Waals surface area (Å²) in [6, 6.07) is 17.7. The third kappa shape index (κ3) is 12.9. The van der Waals surface area contributed by atoms with Crippen molar-refractivity contribution in [3.63, 3.8) is 0 Å². The molecule has 17 nitrogen and oxygen atoms in total. The highest BCUT2D eigenvalue weighted by atomic mass is 32.1. The molecule has 2 aliphatic rings. The van der Waals surface area contributed by atoms with Gasteiger partial charge in [0, 0.05) is 50.1 Å². The molecule has 3 heterocycles. The van der Waals surface area contributed by atoms with E-state index in [-0.39, 0.29) is 55.2 Å². The van der Waals surface area contributed by atoms with Crippen molar-refractivity contribution in [2.75, 3.05) is 49.4 Å². The first-order chi connectivity index (χ1) is 32.8. The Morgan fingerprint density at radius 1 is 0.928 bits per heavy atom. The maximum absolute atomic E-state index is 13.9. The first-order valence-electron chi connectivity index (χ1n) is 23.0. The van der Waals surface area contributed by atoms with E-state index in [1.54, 1.807) is 48.6 Å². The molecule has 3 aromatic carbocycles. The largest absolute Gasteiger partial charge is 0.494 e. The highest BCUT2D eigenvalue weighted by Gasteiger charge is 2.50. The minimum Gasteiger partial charge on any atom is -0.494 e. The van der Waals surface area contributed by atoms with E-state index in [1.807, 2.05) is 76.2 Å². The number of aryl methyl sites for hydroxylation is 2. The fraction of sp³-hybridized carbons (Fsp3) is 0.460. The van der Waals surface area contributed by atoms with Crippen molar-refractivity contribution in [1.29, 1.82) is 0 Å². The summed E-state index contributed by atoms with van der Waals surface area (Å²) in [5.74, 6) is -1.21. The van der Waals surface area contributed by atoms with E-state index in [0.717, 1.165) is 41.0 Å². The summed E-state index contributed by atoms with van der Waals surface area (Å²) in [6.07, 6.45) is 3.01. The number of nitro benzene ring substituents is 1. The molecule has 0 spiro atoms. The van der Waals surface area contributed by atoms with Gasteiger partial charge >= 0.3 is 0 Å².